The normalized spacial score (nSPS) is 13.7. The Morgan fingerprint density at radius 2 is 1.88 bits per heavy atom. The molecule has 0 unspecified atom stereocenters. The number of fused-ring (bicyclic) bond motifs is 2. The van der Waals surface area contributed by atoms with E-state index in [9.17, 15) is 14.9 Å². The summed E-state index contributed by atoms with van der Waals surface area (Å²) in [5.74, 6) is -0.414. The van der Waals surface area contributed by atoms with Gasteiger partial charge >= 0.3 is 0 Å². The Hall–Kier alpha value is -5.19. The van der Waals surface area contributed by atoms with E-state index in [1.807, 2.05) is 25.3 Å². The van der Waals surface area contributed by atoms with E-state index in [4.69, 9.17) is 0 Å². The molecule has 212 valence electrons. The van der Waals surface area contributed by atoms with Gasteiger partial charge in [0.1, 0.15) is 23.5 Å². The second-order valence-corrected chi connectivity index (χ2v) is 11.3. The topological polar surface area (TPSA) is 125 Å². The third-order valence-electron chi connectivity index (χ3n) is 7.03. The van der Waals surface area contributed by atoms with Crippen LogP contribution in [0.25, 0.3) is 21.8 Å². The van der Waals surface area contributed by atoms with Crippen molar-refractivity contribution in [1.29, 1.82) is 10.5 Å². The Bertz CT molecular complexity index is 1810. The molecule has 0 radical (unpaired) electrons. The molecule has 3 heterocycles. The lowest BCUT2D eigenvalue weighted by atomic mass is 9.96. The summed E-state index contributed by atoms with van der Waals surface area (Å²) in [4.78, 5) is 8.74. The number of allylic oxidation sites excluding steroid dienone is 1. The lowest BCUT2D eigenvalue weighted by molar-refractivity contribution is 0.327. The summed E-state index contributed by atoms with van der Waals surface area (Å²) in [6.07, 6.45) is 5.69. The molecule has 0 saturated heterocycles. The van der Waals surface area contributed by atoms with Gasteiger partial charge in [-0.15, -0.1) is 5.53 Å². The van der Waals surface area contributed by atoms with Crippen molar-refractivity contribution in [3.8, 4) is 12.1 Å². The standard InChI is InChI=1S/C32H32FN9/c1-6-19(2)42-17-27(40-41-42)31(24-9-10-26(33)30-23(24)8-7-11-36-30)39-22-12-20(14-34)28-25(13-22)29(21(15-35)16-37-28)38-18-32(3,4)5/h7-13,16-17,31,39-41H,2,6,18H2,1,3-5H3,(H,37,38)/t31-/m0/s1. The monoisotopic (exact) mass is 561 g/mol. The fourth-order valence-corrected chi connectivity index (χ4v) is 4.82. The molecule has 0 bridgehead atoms. The molecular formula is C32H32FN9. The van der Waals surface area contributed by atoms with Gasteiger partial charge in [-0.05, 0) is 41.7 Å². The van der Waals surface area contributed by atoms with Crippen molar-refractivity contribution in [2.24, 2.45) is 5.41 Å². The first-order chi connectivity index (χ1) is 20.1. The summed E-state index contributed by atoms with van der Waals surface area (Å²) in [6.45, 7) is 13.0. The second-order valence-electron chi connectivity index (χ2n) is 11.3. The smallest absolute Gasteiger partial charge is 0.149 e. The highest BCUT2D eigenvalue weighted by molar-refractivity contribution is 5.99. The van der Waals surface area contributed by atoms with Crippen molar-refractivity contribution in [3.63, 3.8) is 0 Å². The van der Waals surface area contributed by atoms with Crippen LogP contribution in [0.15, 0.2) is 73.0 Å². The van der Waals surface area contributed by atoms with Crippen LogP contribution in [0.2, 0.25) is 0 Å². The molecule has 1 aliphatic heterocycles. The zero-order valence-electron chi connectivity index (χ0n) is 24.0. The van der Waals surface area contributed by atoms with Crippen LogP contribution in [0.5, 0.6) is 0 Å². The van der Waals surface area contributed by atoms with Crippen molar-refractivity contribution in [1.82, 2.24) is 25.9 Å². The zero-order valence-corrected chi connectivity index (χ0v) is 24.0. The van der Waals surface area contributed by atoms with Crippen LogP contribution in [-0.4, -0.2) is 21.5 Å². The lowest BCUT2D eigenvalue weighted by Gasteiger charge is -2.24. The summed E-state index contributed by atoms with van der Waals surface area (Å²) in [5.41, 5.74) is 11.4. The van der Waals surface area contributed by atoms with Crippen molar-refractivity contribution in [3.05, 3.63) is 95.5 Å². The van der Waals surface area contributed by atoms with Crippen LogP contribution in [0.3, 0.4) is 0 Å². The Morgan fingerprint density at radius 1 is 1.10 bits per heavy atom. The molecular weight excluding hydrogens is 529 g/mol. The number of rotatable bonds is 8. The number of pyridine rings is 2. The van der Waals surface area contributed by atoms with Gasteiger partial charge < -0.3 is 16.1 Å². The van der Waals surface area contributed by atoms with Crippen LogP contribution in [0.4, 0.5) is 15.8 Å². The molecule has 1 atom stereocenters. The first-order valence-corrected chi connectivity index (χ1v) is 13.6. The molecule has 0 saturated carbocycles. The highest BCUT2D eigenvalue weighted by Crippen LogP contribution is 2.36. The van der Waals surface area contributed by atoms with Crippen LogP contribution in [0, 0.1) is 33.9 Å². The molecule has 1 aliphatic rings. The van der Waals surface area contributed by atoms with Crippen LogP contribution >= 0.6 is 0 Å². The summed E-state index contributed by atoms with van der Waals surface area (Å²) < 4.78 is 14.8. The zero-order chi connectivity index (χ0) is 30.0. The van der Waals surface area contributed by atoms with Crippen LogP contribution in [-0.2, 0) is 0 Å². The Labute approximate surface area is 244 Å². The molecule has 4 N–H and O–H groups in total. The van der Waals surface area contributed by atoms with Crippen molar-refractivity contribution in [2.45, 2.75) is 40.2 Å². The Kier molecular flexibility index (Phi) is 7.66. The number of benzene rings is 2. The maximum atomic E-state index is 14.8. The van der Waals surface area contributed by atoms with Gasteiger partial charge in [-0.1, -0.05) is 46.4 Å². The third-order valence-corrected chi connectivity index (χ3v) is 7.03. The molecule has 0 amide bonds. The molecule has 5 rings (SSSR count). The largest absolute Gasteiger partial charge is 0.383 e. The van der Waals surface area contributed by atoms with E-state index in [2.05, 4.69) is 71.1 Å². The SMILES string of the molecule is C=C(CC)N1C=C([C@@H](Nc2cc(C#N)c3ncc(C#N)c(NCC(C)(C)C)c3c2)c2ccc(F)c3ncccc23)NN1. The molecule has 9 nitrogen and oxygen atoms in total. The van der Waals surface area contributed by atoms with E-state index in [1.54, 1.807) is 29.4 Å². The Morgan fingerprint density at radius 3 is 2.60 bits per heavy atom. The number of nitriles is 2. The van der Waals surface area contributed by atoms with E-state index in [-0.39, 0.29) is 10.9 Å². The maximum Gasteiger partial charge on any atom is 0.149 e. The first kappa shape index (κ1) is 28.3. The van der Waals surface area contributed by atoms with Crippen molar-refractivity contribution in [2.75, 3.05) is 17.2 Å². The van der Waals surface area contributed by atoms with Crippen molar-refractivity contribution < 1.29 is 4.39 Å². The average Bonchev–Trinajstić information content (AvgIpc) is 3.48. The van der Waals surface area contributed by atoms with E-state index in [1.165, 1.54) is 12.3 Å². The minimum atomic E-state index is -0.512. The lowest BCUT2D eigenvalue weighted by Crippen LogP contribution is -2.36. The molecule has 0 aliphatic carbocycles. The highest BCUT2D eigenvalue weighted by atomic mass is 19.1. The number of nitrogens with zero attached hydrogens (tertiary/aromatic N) is 5. The number of hydrazine groups is 2. The fraction of sp³-hybridized carbons (Fsp3) is 0.250. The minimum absolute atomic E-state index is 0.0546. The Balaban J connectivity index is 1.68. The van der Waals surface area contributed by atoms with Gasteiger partial charge in [-0.25, -0.2) is 4.39 Å². The van der Waals surface area contributed by atoms with Crippen molar-refractivity contribution >= 4 is 33.2 Å². The third kappa shape index (κ3) is 5.53. The number of hydrogen-bond donors (Lipinski definition) is 4. The van der Waals surface area contributed by atoms with E-state index >= 15 is 0 Å². The maximum absolute atomic E-state index is 14.8. The van der Waals surface area contributed by atoms with Gasteiger partial charge in [0.05, 0.1) is 34.1 Å². The minimum Gasteiger partial charge on any atom is -0.383 e. The summed E-state index contributed by atoms with van der Waals surface area (Å²) in [7, 11) is 0. The summed E-state index contributed by atoms with van der Waals surface area (Å²) in [5, 5.41) is 30.0. The number of nitrogens with one attached hydrogen (secondary N) is 4. The van der Waals surface area contributed by atoms with Gasteiger partial charge in [0.15, 0.2) is 0 Å². The van der Waals surface area contributed by atoms with E-state index < -0.39 is 11.9 Å². The van der Waals surface area contributed by atoms with E-state index in [0.29, 0.717) is 45.3 Å². The molecule has 0 spiro atoms. The number of hydrogen-bond acceptors (Lipinski definition) is 9. The van der Waals surface area contributed by atoms with Crippen LogP contribution in [0.1, 0.15) is 56.8 Å². The molecule has 10 heteroatoms. The molecule has 2 aromatic heterocycles. The van der Waals surface area contributed by atoms with Gasteiger partial charge in [-0.2, -0.15) is 10.5 Å². The molecule has 2 aromatic carbocycles. The second kappa shape index (κ2) is 11.4. The number of anilines is 2. The average molecular weight is 562 g/mol. The predicted molar refractivity (Wildman–Crippen MR) is 163 cm³/mol. The number of aromatic nitrogens is 2. The predicted octanol–water partition coefficient (Wildman–Crippen LogP) is 6.37. The van der Waals surface area contributed by atoms with Gasteiger partial charge in [0.2, 0.25) is 0 Å². The first-order valence-electron chi connectivity index (χ1n) is 13.6. The quantitative estimate of drug-likeness (QED) is 0.194. The van der Waals surface area contributed by atoms with Gasteiger partial charge in [-0.3, -0.25) is 15.0 Å². The summed E-state index contributed by atoms with van der Waals surface area (Å²) in [6, 6.07) is 14.3. The summed E-state index contributed by atoms with van der Waals surface area (Å²) >= 11 is 0. The molecule has 0 fully saturated rings. The van der Waals surface area contributed by atoms with Gasteiger partial charge in [0.25, 0.3) is 0 Å². The molecule has 4 aromatic rings. The highest BCUT2D eigenvalue weighted by Gasteiger charge is 2.26. The van der Waals surface area contributed by atoms with E-state index in [0.717, 1.165) is 23.4 Å². The fourth-order valence-electron chi connectivity index (χ4n) is 4.82. The molecule has 42 heavy (non-hydrogen) atoms. The number of halogens is 1. The van der Waals surface area contributed by atoms with Crippen LogP contribution < -0.4 is 21.6 Å². The van der Waals surface area contributed by atoms with Gasteiger partial charge in [0, 0.05) is 47.3 Å².